The van der Waals surface area contributed by atoms with Crippen LogP contribution < -0.4 is 9.47 Å². The Bertz CT molecular complexity index is 1080. The van der Waals surface area contributed by atoms with Crippen molar-refractivity contribution < 1.29 is 19.1 Å². The van der Waals surface area contributed by atoms with Crippen molar-refractivity contribution in [3.05, 3.63) is 58.7 Å². The zero-order valence-corrected chi connectivity index (χ0v) is 30.9. The molecule has 1 aliphatic carbocycles. The monoisotopic (exact) mass is 661 g/mol. The summed E-state index contributed by atoms with van der Waals surface area (Å²) in [5, 5.41) is 0. The molecule has 4 heteroatoms. The zero-order chi connectivity index (χ0) is 34.1. The number of carbonyl (C=O) groups is 2. The lowest BCUT2D eigenvalue weighted by Crippen LogP contribution is -2.21. The lowest BCUT2D eigenvalue weighted by molar-refractivity contribution is 0.0978. The van der Waals surface area contributed by atoms with Crippen molar-refractivity contribution >= 4 is 11.6 Å². The number of hydrogen-bond donors (Lipinski definition) is 0. The molecule has 2 aromatic carbocycles. The second-order valence-electron chi connectivity index (χ2n) is 14.3. The van der Waals surface area contributed by atoms with Crippen LogP contribution in [0, 0.1) is 0 Å². The molecule has 1 aliphatic rings. The van der Waals surface area contributed by atoms with Crippen molar-refractivity contribution in [2.75, 3.05) is 13.2 Å². The molecule has 0 aromatic heterocycles. The van der Waals surface area contributed by atoms with Gasteiger partial charge in [-0.2, -0.15) is 0 Å². The first-order valence-electron chi connectivity index (χ1n) is 20.3. The van der Waals surface area contributed by atoms with Crippen LogP contribution in [0.1, 0.15) is 213 Å². The molecule has 0 fully saturated rings. The number of benzene rings is 2. The first kappa shape index (κ1) is 39.8. The molecule has 2 aromatic rings. The number of ketones is 2. The Morgan fingerprint density at radius 2 is 0.625 bits per heavy atom. The summed E-state index contributed by atoms with van der Waals surface area (Å²) in [6.45, 7) is 5.82. The predicted octanol–water partition coefficient (Wildman–Crippen LogP) is 13.4. The Kier molecular flexibility index (Phi) is 21.0. The molecule has 0 radical (unpaired) electrons. The highest BCUT2D eigenvalue weighted by Gasteiger charge is 2.30. The van der Waals surface area contributed by atoms with Crippen LogP contribution in [0.3, 0.4) is 0 Å². The van der Waals surface area contributed by atoms with E-state index in [4.69, 9.17) is 9.47 Å². The molecule has 268 valence electrons. The van der Waals surface area contributed by atoms with Crippen molar-refractivity contribution in [1.29, 1.82) is 0 Å². The topological polar surface area (TPSA) is 52.6 Å². The lowest BCUT2D eigenvalue weighted by Gasteiger charge is -2.19. The molecule has 48 heavy (non-hydrogen) atoms. The van der Waals surface area contributed by atoms with E-state index in [0.717, 1.165) is 25.7 Å². The number of carbonyl (C=O) groups excluding carboxylic acids is 2. The van der Waals surface area contributed by atoms with Crippen LogP contribution >= 0.6 is 0 Å². The molecule has 0 saturated heterocycles. The third kappa shape index (κ3) is 15.3. The average molecular weight is 661 g/mol. The number of rotatable bonds is 30. The molecule has 0 bridgehead atoms. The van der Waals surface area contributed by atoms with Gasteiger partial charge >= 0.3 is 0 Å². The van der Waals surface area contributed by atoms with Crippen LogP contribution in [-0.2, 0) is 0 Å². The summed E-state index contributed by atoms with van der Waals surface area (Å²) in [7, 11) is 0. The van der Waals surface area contributed by atoms with Crippen LogP contribution in [0.5, 0.6) is 11.5 Å². The summed E-state index contributed by atoms with van der Waals surface area (Å²) in [6, 6.07) is 10.6. The molecule has 0 amide bonds. The Balaban J connectivity index is 1.27. The zero-order valence-electron chi connectivity index (χ0n) is 30.9. The highest BCUT2D eigenvalue weighted by atomic mass is 16.5. The van der Waals surface area contributed by atoms with E-state index in [1.807, 2.05) is 12.1 Å². The van der Waals surface area contributed by atoms with Gasteiger partial charge in [-0.1, -0.05) is 168 Å². The van der Waals surface area contributed by atoms with Crippen LogP contribution in [0.15, 0.2) is 36.4 Å². The summed E-state index contributed by atoms with van der Waals surface area (Å²) in [6.07, 6.45) is 34.3. The number of hydrogen-bond acceptors (Lipinski definition) is 4. The SMILES string of the molecule is CCCCCCCCCCCCCCCOc1ccc2c(c1)C(=O)c1ccc(OCCCCCCCCCCCCCCC)cc1C2=O. The van der Waals surface area contributed by atoms with E-state index >= 15 is 0 Å². The number of unbranched alkanes of at least 4 members (excludes halogenated alkanes) is 24. The van der Waals surface area contributed by atoms with Crippen LogP contribution in [-0.4, -0.2) is 24.8 Å². The fraction of sp³-hybridized carbons (Fsp3) is 0.682. The highest BCUT2D eigenvalue weighted by molar-refractivity contribution is 6.28. The Hall–Kier alpha value is -2.62. The molecule has 0 saturated carbocycles. The summed E-state index contributed by atoms with van der Waals surface area (Å²) in [5.41, 5.74) is 1.79. The van der Waals surface area contributed by atoms with Gasteiger partial charge in [0.05, 0.1) is 13.2 Å². The third-order valence-corrected chi connectivity index (χ3v) is 9.99. The second-order valence-corrected chi connectivity index (χ2v) is 14.3. The molecular weight excluding hydrogens is 592 g/mol. The first-order chi connectivity index (χ1) is 23.7. The van der Waals surface area contributed by atoms with Crippen molar-refractivity contribution in [2.24, 2.45) is 0 Å². The molecule has 0 spiro atoms. The van der Waals surface area contributed by atoms with Gasteiger partial charge in [0, 0.05) is 22.3 Å². The fourth-order valence-electron chi connectivity index (χ4n) is 6.91. The van der Waals surface area contributed by atoms with Crippen LogP contribution in [0.4, 0.5) is 0 Å². The Labute approximate surface area is 294 Å². The smallest absolute Gasteiger partial charge is 0.194 e. The molecule has 0 heterocycles. The molecular formula is C44H68O4. The molecule has 0 N–H and O–H groups in total. The first-order valence-corrected chi connectivity index (χ1v) is 20.3. The second kappa shape index (κ2) is 25.4. The highest BCUT2D eigenvalue weighted by Crippen LogP contribution is 2.32. The maximum absolute atomic E-state index is 13.4. The minimum atomic E-state index is -0.117. The minimum Gasteiger partial charge on any atom is -0.494 e. The van der Waals surface area contributed by atoms with Crippen molar-refractivity contribution in [3.8, 4) is 11.5 Å². The van der Waals surface area contributed by atoms with E-state index < -0.39 is 0 Å². The minimum absolute atomic E-state index is 0.117. The van der Waals surface area contributed by atoms with E-state index in [-0.39, 0.29) is 11.6 Å². The fourth-order valence-corrected chi connectivity index (χ4v) is 6.91. The van der Waals surface area contributed by atoms with Gasteiger partial charge in [-0.3, -0.25) is 9.59 Å². The molecule has 0 unspecified atom stereocenters. The van der Waals surface area contributed by atoms with Gasteiger partial charge in [0.1, 0.15) is 11.5 Å². The maximum atomic E-state index is 13.4. The third-order valence-electron chi connectivity index (χ3n) is 9.99. The largest absolute Gasteiger partial charge is 0.494 e. The van der Waals surface area contributed by atoms with Crippen LogP contribution in [0.25, 0.3) is 0 Å². The summed E-state index contributed by atoms with van der Waals surface area (Å²) in [4.78, 5) is 26.7. The number of ether oxygens (including phenoxy) is 2. The summed E-state index contributed by atoms with van der Waals surface area (Å²) >= 11 is 0. The summed E-state index contributed by atoms with van der Waals surface area (Å²) < 4.78 is 12.0. The van der Waals surface area contributed by atoms with Gasteiger partial charge in [-0.25, -0.2) is 0 Å². The molecule has 4 nitrogen and oxygen atoms in total. The van der Waals surface area contributed by atoms with Gasteiger partial charge in [-0.15, -0.1) is 0 Å². The van der Waals surface area contributed by atoms with E-state index in [2.05, 4.69) is 13.8 Å². The summed E-state index contributed by atoms with van der Waals surface area (Å²) in [5.74, 6) is 1.09. The van der Waals surface area contributed by atoms with Crippen molar-refractivity contribution in [1.82, 2.24) is 0 Å². The molecule has 0 atom stereocenters. The van der Waals surface area contributed by atoms with Gasteiger partial charge in [0.25, 0.3) is 0 Å². The number of fused-ring (bicyclic) bond motifs is 2. The average Bonchev–Trinajstić information content (AvgIpc) is 3.10. The molecule has 3 rings (SSSR count). The Morgan fingerprint density at radius 3 is 0.917 bits per heavy atom. The predicted molar refractivity (Wildman–Crippen MR) is 202 cm³/mol. The normalized spacial score (nSPS) is 12.3. The van der Waals surface area contributed by atoms with Gasteiger partial charge in [0.15, 0.2) is 11.6 Å². The van der Waals surface area contributed by atoms with Crippen LogP contribution in [0.2, 0.25) is 0 Å². The van der Waals surface area contributed by atoms with E-state index in [1.165, 1.54) is 141 Å². The van der Waals surface area contributed by atoms with E-state index in [1.54, 1.807) is 24.3 Å². The lowest BCUT2D eigenvalue weighted by atomic mass is 9.84. The van der Waals surface area contributed by atoms with Gasteiger partial charge < -0.3 is 9.47 Å². The quantitative estimate of drug-likeness (QED) is 0.0668. The van der Waals surface area contributed by atoms with Gasteiger partial charge in [0.2, 0.25) is 0 Å². The standard InChI is InChI=1S/C44H68O4/c1-3-5-7-9-11-13-15-17-19-21-23-25-27-33-47-37-29-31-39-41(35-37)43(45)40-32-30-38(36-42(40)44(39)46)48-34-28-26-24-22-20-18-16-14-12-10-8-6-4-2/h29-32,35-36H,3-28,33-34H2,1-2H3. The van der Waals surface area contributed by atoms with Crippen molar-refractivity contribution in [3.63, 3.8) is 0 Å². The molecule has 0 aliphatic heterocycles. The van der Waals surface area contributed by atoms with E-state index in [0.29, 0.717) is 47.0 Å². The van der Waals surface area contributed by atoms with Crippen molar-refractivity contribution in [2.45, 2.75) is 181 Å². The maximum Gasteiger partial charge on any atom is 0.194 e. The Morgan fingerprint density at radius 1 is 0.354 bits per heavy atom. The van der Waals surface area contributed by atoms with Gasteiger partial charge in [-0.05, 0) is 49.2 Å². The van der Waals surface area contributed by atoms with E-state index in [9.17, 15) is 9.59 Å².